The first-order chi connectivity index (χ1) is 24.1. The number of nitrogens with zero attached hydrogens (tertiary/aromatic N) is 6. The number of anilines is 2. The fraction of sp³-hybridized carbons (Fsp3) is 0.500. The standard InChI is InChI=1S/C38H51N7O5/c1-6-7-19-48-32-10-8-9-29(34(32)36-49-20-21-50-36)25-43(5)33-23-28(13-14-39-33)35(46)41-37-40-30-12-11-27(24-44-17-15-42(4)16-18-44)22-31(30)45(37)26-38(2,3)47/h8-14,22-23,36,47H,6-7,15-21,24-26H2,1-5H3,(H,40,41,46). The highest BCUT2D eigenvalue weighted by atomic mass is 16.7. The zero-order valence-electron chi connectivity index (χ0n) is 30.0. The first kappa shape index (κ1) is 35.7. The highest BCUT2D eigenvalue weighted by Gasteiger charge is 2.27. The average Bonchev–Trinajstić information content (AvgIpc) is 3.74. The number of fused-ring (bicyclic) bond motifs is 1. The number of aliphatic hydroxyl groups is 1. The van der Waals surface area contributed by atoms with Gasteiger partial charge in [-0.2, -0.15) is 0 Å². The molecule has 2 fully saturated rings. The molecule has 0 unspecified atom stereocenters. The SMILES string of the molecule is CCCCOc1cccc(CN(C)c2cc(C(=O)Nc3nc4ccc(CN5CCN(C)CC5)cc4n3CC(C)(C)O)ccn2)c1C1OCCO1. The summed E-state index contributed by atoms with van der Waals surface area (Å²) in [5.41, 5.74) is 4.10. The van der Waals surface area contributed by atoms with Gasteiger partial charge in [0.05, 0.1) is 48.6 Å². The number of benzene rings is 2. The number of hydrogen-bond acceptors (Lipinski definition) is 10. The van der Waals surface area contributed by atoms with E-state index >= 15 is 0 Å². The normalized spacial score (nSPS) is 16.3. The molecule has 0 atom stereocenters. The van der Waals surface area contributed by atoms with Crippen LogP contribution in [0.2, 0.25) is 0 Å². The average molecular weight is 686 g/mol. The first-order valence-electron chi connectivity index (χ1n) is 17.7. The lowest BCUT2D eigenvalue weighted by molar-refractivity contribution is -0.0463. The zero-order chi connectivity index (χ0) is 35.3. The van der Waals surface area contributed by atoms with Crippen molar-refractivity contribution in [2.24, 2.45) is 0 Å². The third kappa shape index (κ3) is 8.80. The van der Waals surface area contributed by atoms with Crippen molar-refractivity contribution in [2.45, 2.75) is 65.1 Å². The predicted molar refractivity (Wildman–Crippen MR) is 195 cm³/mol. The number of ether oxygens (including phenoxy) is 3. The van der Waals surface area contributed by atoms with Crippen molar-refractivity contribution in [2.75, 3.05) is 70.3 Å². The molecule has 2 aromatic heterocycles. The molecule has 4 aromatic rings. The van der Waals surface area contributed by atoms with Crippen LogP contribution in [-0.2, 0) is 29.1 Å². The van der Waals surface area contributed by atoms with Crippen LogP contribution in [0, 0.1) is 0 Å². The van der Waals surface area contributed by atoms with E-state index in [1.807, 2.05) is 40.8 Å². The maximum Gasteiger partial charge on any atom is 0.258 e. The van der Waals surface area contributed by atoms with Gasteiger partial charge in [-0.1, -0.05) is 31.5 Å². The molecule has 0 spiro atoms. The molecule has 268 valence electrons. The molecule has 12 nitrogen and oxygen atoms in total. The minimum atomic E-state index is -1.03. The third-order valence-corrected chi connectivity index (χ3v) is 9.16. The van der Waals surface area contributed by atoms with Gasteiger partial charge in [-0.05, 0) is 68.8 Å². The third-order valence-electron chi connectivity index (χ3n) is 9.16. The smallest absolute Gasteiger partial charge is 0.258 e. The van der Waals surface area contributed by atoms with E-state index in [-0.39, 0.29) is 12.5 Å². The molecule has 0 radical (unpaired) electrons. The second-order valence-corrected chi connectivity index (χ2v) is 14.1. The molecule has 6 rings (SSSR count). The minimum absolute atomic E-state index is 0.263. The Kier molecular flexibility index (Phi) is 11.3. The van der Waals surface area contributed by atoms with E-state index < -0.39 is 11.9 Å². The lowest BCUT2D eigenvalue weighted by Crippen LogP contribution is -2.43. The van der Waals surface area contributed by atoms with Crippen molar-refractivity contribution in [3.8, 4) is 5.75 Å². The van der Waals surface area contributed by atoms with E-state index in [1.54, 1.807) is 32.2 Å². The number of carbonyl (C=O) groups is 1. The van der Waals surface area contributed by atoms with Crippen molar-refractivity contribution in [3.63, 3.8) is 0 Å². The zero-order valence-corrected chi connectivity index (χ0v) is 30.0. The Balaban J connectivity index is 1.21. The summed E-state index contributed by atoms with van der Waals surface area (Å²) in [6.07, 6.45) is 3.15. The largest absolute Gasteiger partial charge is 0.493 e. The highest BCUT2D eigenvalue weighted by molar-refractivity contribution is 6.04. The summed E-state index contributed by atoms with van der Waals surface area (Å²) in [6, 6.07) is 15.7. The number of nitrogens with one attached hydrogen (secondary N) is 1. The van der Waals surface area contributed by atoms with Crippen molar-refractivity contribution in [1.29, 1.82) is 0 Å². The van der Waals surface area contributed by atoms with E-state index in [2.05, 4.69) is 46.2 Å². The van der Waals surface area contributed by atoms with Gasteiger partial charge in [0.2, 0.25) is 5.95 Å². The van der Waals surface area contributed by atoms with Crippen molar-refractivity contribution in [3.05, 3.63) is 77.0 Å². The number of likely N-dealkylation sites (N-methyl/N-ethyl adjacent to an activating group) is 1. The maximum atomic E-state index is 13.8. The van der Waals surface area contributed by atoms with Crippen molar-refractivity contribution >= 4 is 28.7 Å². The molecule has 2 saturated heterocycles. The summed E-state index contributed by atoms with van der Waals surface area (Å²) in [4.78, 5) is 29.9. The van der Waals surface area contributed by atoms with Gasteiger partial charge in [0.15, 0.2) is 6.29 Å². The number of imidazole rings is 1. The number of carbonyl (C=O) groups excluding carboxylic acids is 1. The molecule has 4 heterocycles. The van der Waals surface area contributed by atoms with Crippen molar-refractivity contribution in [1.82, 2.24) is 24.3 Å². The number of pyridine rings is 1. The summed E-state index contributed by atoms with van der Waals surface area (Å²) in [6.45, 7) is 13.1. The lowest BCUT2D eigenvalue weighted by atomic mass is 10.0. The van der Waals surface area contributed by atoms with Crippen molar-refractivity contribution < 1.29 is 24.1 Å². The van der Waals surface area contributed by atoms with Gasteiger partial charge in [-0.15, -0.1) is 0 Å². The molecule has 2 N–H and O–H groups in total. The molecule has 0 saturated carbocycles. The van der Waals surface area contributed by atoms with Gasteiger partial charge in [0, 0.05) is 58.1 Å². The molecular weight excluding hydrogens is 634 g/mol. The molecule has 2 aliphatic rings. The van der Waals surface area contributed by atoms with Crippen LogP contribution in [0.1, 0.15) is 67.0 Å². The van der Waals surface area contributed by atoms with Crippen LogP contribution in [0.15, 0.2) is 54.7 Å². The molecule has 1 amide bonds. The van der Waals surface area contributed by atoms with Crippen LogP contribution in [0.4, 0.5) is 11.8 Å². The quantitative estimate of drug-likeness (QED) is 0.175. The van der Waals surface area contributed by atoms with Gasteiger partial charge in [0.25, 0.3) is 5.91 Å². The lowest BCUT2D eigenvalue weighted by Gasteiger charge is -2.32. The molecule has 12 heteroatoms. The summed E-state index contributed by atoms with van der Waals surface area (Å²) in [5, 5.41) is 13.9. The Morgan fingerprint density at radius 1 is 1.10 bits per heavy atom. The Hall–Kier alpha value is -4.07. The minimum Gasteiger partial charge on any atom is -0.493 e. The van der Waals surface area contributed by atoms with Gasteiger partial charge in [-0.3, -0.25) is 15.0 Å². The Morgan fingerprint density at radius 3 is 2.62 bits per heavy atom. The number of aromatic nitrogens is 3. The van der Waals surface area contributed by atoms with E-state index in [0.29, 0.717) is 43.7 Å². The summed E-state index contributed by atoms with van der Waals surface area (Å²) >= 11 is 0. The molecule has 0 bridgehead atoms. The second kappa shape index (κ2) is 15.9. The molecular formula is C38H51N7O5. The van der Waals surface area contributed by atoms with E-state index in [1.165, 1.54) is 5.56 Å². The molecule has 0 aliphatic carbocycles. The fourth-order valence-corrected chi connectivity index (χ4v) is 6.42. The maximum absolute atomic E-state index is 13.8. The van der Waals surface area contributed by atoms with E-state index in [4.69, 9.17) is 19.2 Å². The van der Waals surface area contributed by atoms with E-state index in [9.17, 15) is 9.90 Å². The monoisotopic (exact) mass is 685 g/mol. The second-order valence-electron chi connectivity index (χ2n) is 14.1. The summed E-state index contributed by atoms with van der Waals surface area (Å²) in [7, 11) is 4.10. The van der Waals surface area contributed by atoms with E-state index in [0.717, 1.165) is 73.5 Å². The number of hydrogen-bond donors (Lipinski definition) is 2. The van der Waals surface area contributed by atoms with Gasteiger partial charge in [0.1, 0.15) is 11.6 Å². The van der Waals surface area contributed by atoms with Gasteiger partial charge >= 0.3 is 0 Å². The highest BCUT2D eigenvalue weighted by Crippen LogP contribution is 2.35. The van der Waals surface area contributed by atoms with Crippen LogP contribution in [-0.4, -0.2) is 101 Å². The molecule has 50 heavy (non-hydrogen) atoms. The first-order valence-corrected chi connectivity index (χ1v) is 17.7. The van der Waals surface area contributed by atoms with Crippen LogP contribution >= 0.6 is 0 Å². The number of unbranched alkanes of at least 4 members (excludes halogenated alkanes) is 1. The Labute approximate surface area is 294 Å². The number of rotatable bonds is 14. The van der Waals surface area contributed by atoms with Gasteiger partial charge in [-0.25, -0.2) is 9.97 Å². The number of piperazine rings is 1. The Morgan fingerprint density at radius 2 is 1.88 bits per heavy atom. The molecule has 2 aromatic carbocycles. The topological polar surface area (TPSA) is 117 Å². The fourth-order valence-electron chi connectivity index (χ4n) is 6.42. The van der Waals surface area contributed by atoms with Crippen LogP contribution < -0.4 is 15.0 Å². The summed E-state index contributed by atoms with van der Waals surface area (Å²) in [5.74, 6) is 1.47. The summed E-state index contributed by atoms with van der Waals surface area (Å²) < 4.78 is 19.9. The van der Waals surface area contributed by atoms with Crippen LogP contribution in [0.3, 0.4) is 0 Å². The molecule has 2 aliphatic heterocycles. The predicted octanol–water partition coefficient (Wildman–Crippen LogP) is 5.06. The van der Waals surface area contributed by atoms with Crippen LogP contribution in [0.25, 0.3) is 11.0 Å². The Bertz CT molecular complexity index is 1760. The number of amides is 1. The van der Waals surface area contributed by atoms with Crippen LogP contribution in [0.5, 0.6) is 5.75 Å². The van der Waals surface area contributed by atoms with Gasteiger partial charge < -0.3 is 33.7 Å².